The van der Waals surface area contributed by atoms with Gasteiger partial charge in [0.25, 0.3) is 0 Å². The van der Waals surface area contributed by atoms with Gasteiger partial charge in [-0.25, -0.2) is 4.79 Å². The number of hydrogen-bond acceptors (Lipinski definition) is 5. The molecule has 0 spiro atoms. The first kappa shape index (κ1) is 14.4. The second-order valence-corrected chi connectivity index (χ2v) is 4.21. The predicted octanol–water partition coefficient (Wildman–Crippen LogP) is -0.768. The van der Waals surface area contributed by atoms with Crippen LogP contribution in [0.1, 0.15) is 20.3 Å². The minimum absolute atomic E-state index is 0.0172. The predicted molar refractivity (Wildman–Crippen MR) is 59.6 cm³/mol. The molecule has 0 saturated carbocycles. The molecule has 1 unspecified atom stereocenters. The molecule has 7 nitrogen and oxygen atoms in total. The number of rotatable bonds is 4. The Balaban J connectivity index is 2.76. The van der Waals surface area contributed by atoms with E-state index in [4.69, 9.17) is 9.84 Å². The van der Waals surface area contributed by atoms with Gasteiger partial charge in [-0.3, -0.25) is 9.59 Å². The highest BCUT2D eigenvalue weighted by Crippen LogP contribution is 2.21. The van der Waals surface area contributed by atoms with Crippen LogP contribution < -0.4 is 0 Å². The van der Waals surface area contributed by atoms with Crippen LogP contribution in [0.3, 0.4) is 0 Å². The zero-order chi connectivity index (χ0) is 13.9. The van der Waals surface area contributed by atoms with Crippen molar-refractivity contribution in [1.29, 1.82) is 0 Å². The van der Waals surface area contributed by atoms with E-state index < -0.39 is 35.9 Å². The lowest BCUT2D eigenvalue weighted by Crippen LogP contribution is -2.45. The van der Waals surface area contributed by atoms with Crippen molar-refractivity contribution in [2.45, 2.75) is 32.4 Å². The molecule has 1 heterocycles. The molecule has 0 bridgehead atoms. The first-order chi connectivity index (χ1) is 8.38. The molecule has 1 amide bonds. The number of β-amino-alcohol motifs (C(OH)–C–C–N with tert-alkyl or cyclic N) is 1. The zero-order valence-electron chi connectivity index (χ0n) is 10.3. The maximum atomic E-state index is 12.0. The number of aliphatic hydroxyl groups excluding tert-OH is 1. The van der Waals surface area contributed by atoms with Gasteiger partial charge >= 0.3 is 11.9 Å². The Labute approximate surface area is 104 Å². The van der Waals surface area contributed by atoms with Crippen molar-refractivity contribution in [3.05, 3.63) is 0 Å². The van der Waals surface area contributed by atoms with Crippen molar-refractivity contribution >= 4 is 17.8 Å². The number of likely N-dealkylation sites (tertiary alicyclic amines) is 1. The zero-order valence-corrected chi connectivity index (χ0v) is 10.3. The molecular weight excluding hydrogens is 242 g/mol. The van der Waals surface area contributed by atoms with Gasteiger partial charge in [-0.2, -0.15) is 0 Å². The summed E-state index contributed by atoms with van der Waals surface area (Å²) >= 11 is 0. The van der Waals surface area contributed by atoms with Gasteiger partial charge in [0.15, 0.2) is 0 Å². The van der Waals surface area contributed by atoms with Gasteiger partial charge in [0.05, 0.1) is 12.7 Å². The van der Waals surface area contributed by atoms with Gasteiger partial charge in [-0.15, -0.1) is 0 Å². The summed E-state index contributed by atoms with van der Waals surface area (Å²) in [6.45, 7) is 3.07. The summed E-state index contributed by atoms with van der Waals surface area (Å²) in [4.78, 5) is 35.4. The van der Waals surface area contributed by atoms with E-state index in [0.29, 0.717) is 0 Å². The number of nitrogens with zero attached hydrogens (tertiary/aromatic N) is 1. The molecule has 1 rings (SSSR count). The molecule has 1 aliphatic heterocycles. The Bertz CT molecular complexity index is 355. The molecule has 0 aromatic rings. The second-order valence-electron chi connectivity index (χ2n) is 4.21. The molecule has 0 aromatic carbocycles. The molecule has 0 aromatic heterocycles. The topological polar surface area (TPSA) is 104 Å². The van der Waals surface area contributed by atoms with Gasteiger partial charge in [-0.05, 0) is 13.8 Å². The van der Waals surface area contributed by atoms with Crippen molar-refractivity contribution in [2.75, 3.05) is 13.2 Å². The Morgan fingerprint density at radius 2 is 2.06 bits per heavy atom. The average molecular weight is 259 g/mol. The van der Waals surface area contributed by atoms with E-state index in [0.717, 1.165) is 4.90 Å². The highest BCUT2D eigenvalue weighted by atomic mass is 16.5. The van der Waals surface area contributed by atoms with Crippen LogP contribution in [-0.2, 0) is 19.1 Å². The van der Waals surface area contributed by atoms with Crippen molar-refractivity contribution in [2.24, 2.45) is 5.92 Å². The third-order valence-electron chi connectivity index (χ3n) is 2.86. The summed E-state index contributed by atoms with van der Waals surface area (Å²) in [6, 6.07) is -1.08. The fraction of sp³-hybridized carbons (Fsp3) is 0.727. The summed E-state index contributed by atoms with van der Waals surface area (Å²) in [5, 5.41) is 18.4. The number of aliphatic carboxylic acids is 1. The SMILES string of the molecule is CCOC(=O)C(C)C(=O)N1C[C@H](O)C[C@H]1C(=O)O. The summed E-state index contributed by atoms with van der Waals surface area (Å²) in [6.07, 6.45) is -0.888. The van der Waals surface area contributed by atoms with Gasteiger partial charge in [-0.1, -0.05) is 0 Å². The molecule has 1 aliphatic rings. The maximum absolute atomic E-state index is 12.0. The Morgan fingerprint density at radius 1 is 1.44 bits per heavy atom. The normalized spacial score (nSPS) is 24.7. The summed E-state index contributed by atoms with van der Waals surface area (Å²) < 4.78 is 4.71. The van der Waals surface area contributed by atoms with E-state index in [1.807, 2.05) is 0 Å². The third-order valence-corrected chi connectivity index (χ3v) is 2.86. The van der Waals surface area contributed by atoms with Crippen LogP contribution in [0.25, 0.3) is 0 Å². The maximum Gasteiger partial charge on any atom is 0.326 e. The van der Waals surface area contributed by atoms with Crippen LogP contribution in [0.2, 0.25) is 0 Å². The molecule has 1 fully saturated rings. The van der Waals surface area contributed by atoms with Gasteiger partial charge < -0.3 is 19.8 Å². The molecule has 2 N–H and O–H groups in total. The molecule has 1 saturated heterocycles. The van der Waals surface area contributed by atoms with E-state index >= 15 is 0 Å². The van der Waals surface area contributed by atoms with Gasteiger partial charge in [0.1, 0.15) is 12.0 Å². The summed E-state index contributed by atoms with van der Waals surface area (Å²) in [5.74, 6) is -3.56. The molecule has 102 valence electrons. The van der Waals surface area contributed by atoms with Gasteiger partial charge in [0.2, 0.25) is 5.91 Å². The lowest BCUT2D eigenvalue weighted by molar-refractivity contribution is -0.158. The van der Waals surface area contributed by atoms with Crippen LogP contribution in [0.4, 0.5) is 0 Å². The van der Waals surface area contributed by atoms with E-state index in [1.165, 1.54) is 6.92 Å². The molecule has 3 atom stereocenters. The molecule has 7 heteroatoms. The molecule has 18 heavy (non-hydrogen) atoms. The monoisotopic (exact) mass is 259 g/mol. The largest absolute Gasteiger partial charge is 0.480 e. The van der Waals surface area contributed by atoms with E-state index in [-0.39, 0.29) is 19.6 Å². The second kappa shape index (κ2) is 5.81. The van der Waals surface area contributed by atoms with Crippen LogP contribution in [0, 0.1) is 5.92 Å². The number of carboxylic acids is 1. The lowest BCUT2D eigenvalue weighted by atomic mass is 10.1. The quantitative estimate of drug-likeness (QED) is 0.507. The first-order valence-corrected chi connectivity index (χ1v) is 5.76. The van der Waals surface area contributed by atoms with E-state index in [1.54, 1.807) is 6.92 Å². The standard InChI is InChI=1S/C11H17NO6/c1-3-18-11(17)6(2)9(14)12-5-7(13)4-8(12)10(15)16/h6-8,13H,3-5H2,1-2H3,(H,15,16)/t6?,7-,8+/m1/s1. The Kier molecular flexibility index (Phi) is 4.66. The van der Waals surface area contributed by atoms with E-state index in [9.17, 15) is 19.5 Å². The van der Waals surface area contributed by atoms with Crippen LogP contribution in [-0.4, -0.2) is 58.3 Å². The van der Waals surface area contributed by atoms with Gasteiger partial charge in [0, 0.05) is 13.0 Å². The molecule has 0 radical (unpaired) electrons. The van der Waals surface area contributed by atoms with Crippen molar-refractivity contribution in [3.63, 3.8) is 0 Å². The Morgan fingerprint density at radius 3 is 2.56 bits per heavy atom. The molecule has 0 aliphatic carbocycles. The van der Waals surface area contributed by atoms with Crippen molar-refractivity contribution in [3.8, 4) is 0 Å². The van der Waals surface area contributed by atoms with Crippen molar-refractivity contribution in [1.82, 2.24) is 4.90 Å². The lowest BCUT2D eigenvalue weighted by Gasteiger charge is -2.23. The number of esters is 1. The first-order valence-electron chi connectivity index (χ1n) is 5.76. The minimum Gasteiger partial charge on any atom is -0.480 e. The summed E-state index contributed by atoms with van der Waals surface area (Å²) in [7, 11) is 0. The third kappa shape index (κ3) is 2.98. The Hall–Kier alpha value is -1.63. The number of aliphatic hydroxyl groups is 1. The highest BCUT2D eigenvalue weighted by Gasteiger charge is 2.41. The fourth-order valence-electron chi connectivity index (χ4n) is 1.91. The molecular formula is C11H17NO6. The van der Waals surface area contributed by atoms with E-state index in [2.05, 4.69) is 0 Å². The number of hydrogen-bond donors (Lipinski definition) is 2. The fourth-order valence-corrected chi connectivity index (χ4v) is 1.91. The van der Waals surface area contributed by atoms with Crippen LogP contribution in [0.5, 0.6) is 0 Å². The summed E-state index contributed by atoms with van der Waals surface area (Å²) in [5.41, 5.74) is 0. The van der Waals surface area contributed by atoms with Crippen LogP contribution in [0.15, 0.2) is 0 Å². The smallest absolute Gasteiger partial charge is 0.326 e. The number of carboxylic acid groups (broad SMARTS) is 1. The number of carbonyl (C=O) groups is 3. The van der Waals surface area contributed by atoms with Crippen molar-refractivity contribution < 1.29 is 29.3 Å². The number of amides is 1. The average Bonchev–Trinajstić information content (AvgIpc) is 2.69. The number of ether oxygens (including phenoxy) is 1. The minimum atomic E-state index is -1.18. The highest BCUT2D eigenvalue weighted by molar-refractivity contribution is 5.99. The van der Waals surface area contributed by atoms with Crippen LogP contribution >= 0.6 is 0 Å². The number of carbonyl (C=O) groups excluding carboxylic acids is 2.